The van der Waals surface area contributed by atoms with E-state index in [4.69, 9.17) is 9.47 Å². The number of hydrazone groups is 1. The first kappa shape index (κ1) is 22.1. The standard InChI is InChI=1S/C26H28N2O3/c1-18-5-8-21(9-6-18)17-31-24-12-10-22(14-25(24)30-4)16-27-28-26(29)15-23-11-7-19(2)13-20(23)3/h5-14,16H,15,17H2,1-4H3,(H,28,29)/b27-16-. The van der Waals surface area contributed by atoms with Gasteiger partial charge in [-0.1, -0.05) is 53.6 Å². The normalized spacial score (nSPS) is 10.8. The van der Waals surface area contributed by atoms with Gasteiger partial charge in [0, 0.05) is 0 Å². The molecule has 0 atom stereocenters. The maximum absolute atomic E-state index is 12.2. The van der Waals surface area contributed by atoms with Crippen LogP contribution in [0.4, 0.5) is 0 Å². The van der Waals surface area contributed by atoms with Crippen molar-refractivity contribution in [2.75, 3.05) is 7.11 Å². The second-order valence-corrected chi connectivity index (χ2v) is 7.58. The SMILES string of the molecule is COc1cc(/C=N\NC(=O)Cc2ccc(C)cc2C)ccc1OCc1ccc(C)cc1. The summed E-state index contributed by atoms with van der Waals surface area (Å²) in [5.74, 6) is 1.10. The molecule has 1 amide bonds. The lowest BCUT2D eigenvalue weighted by Crippen LogP contribution is -2.20. The Labute approximate surface area is 183 Å². The highest BCUT2D eigenvalue weighted by Crippen LogP contribution is 2.28. The van der Waals surface area contributed by atoms with Crippen LogP contribution >= 0.6 is 0 Å². The van der Waals surface area contributed by atoms with Crippen LogP contribution in [0.1, 0.15) is 33.4 Å². The first-order valence-corrected chi connectivity index (χ1v) is 10.2. The number of amides is 1. The Balaban J connectivity index is 1.57. The molecule has 0 aliphatic heterocycles. The molecule has 3 rings (SSSR count). The van der Waals surface area contributed by atoms with Crippen LogP contribution in [0.25, 0.3) is 0 Å². The van der Waals surface area contributed by atoms with E-state index < -0.39 is 0 Å². The predicted molar refractivity (Wildman–Crippen MR) is 124 cm³/mol. The molecule has 0 heterocycles. The second kappa shape index (κ2) is 10.4. The van der Waals surface area contributed by atoms with E-state index in [1.807, 2.05) is 56.3 Å². The fourth-order valence-electron chi connectivity index (χ4n) is 3.16. The van der Waals surface area contributed by atoms with Gasteiger partial charge in [-0.05, 0) is 61.2 Å². The van der Waals surface area contributed by atoms with Crippen molar-refractivity contribution in [3.05, 3.63) is 94.0 Å². The molecule has 31 heavy (non-hydrogen) atoms. The number of carbonyl (C=O) groups excluding carboxylic acids is 1. The third kappa shape index (κ3) is 6.44. The van der Waals surface area contributed by atoms with Gasteiger partial charge in [-0.3, -0.25) is 4.79 Å². The van der Waals surface area contributed by atoms with E-state index in [-0.39, 0.29) is 5.91 Å². The summed E-state index contributed by atoms with van der Waals surface area (Å²) in [6.45, 7) is 6.56. The number of methoxy groups -OCH3 is 1. The van der Waals surface area contributed by atoms with Crippen LogP contribution in [0.5, 0.6) is 11.5 Å². The highest BCUT2D eigenvalue weighted by atomic mass is 16.5. The van der Waals surface area contributed by atoms with Crippen LogP contribution in [0, 0.1) is 20.8 Å². The Morgan fingerprint density at radius 3 is 2.39 bits per heavy atom. The molecule has 1 N–H and O–H groups in total. The average Bonchev–Trinajstić information content (AvgIpc) is 2.75. The van der Waals surface area contributed by atoms with Gasteiger partial charge < -0.3 is 9.47 Å². The molecule has 5 nitrogen and oxygen atoms in total. The van der Waals surface area contributed by atoms with Crippen molar-refractivity contribution in [2.24, 2.45) is 5.10 Å². The van der Waals surface area contributed by atoms with Gasteiger partial charge in [-0.2, -0.15) is 5.10 Å². The smallest absolute Gasteiger partial charge is 0.244 e. The minimum Gasteiger partial charge on any atom is -0.493 e. The van der Waals surface area contributed by atoms with E-state index in [0.717, 1.165) is 22.3 Å². The maximum Gasteiger partial charge on any atom is 0.244 e. The van der Waals surface area contributed by atoms with E-state index in [1.165, 1.54) is 11.1 Å². The molecule has 0 aromatic heterocycles. The van der Waals surface area contributed by atoms with E-state index >= 15 is 0 Å². The molecule has 0 fully saturated rings. The van der Waals surface area contributed by atoms with E-state index in [2.05, 4.69) is 35.7 Å². The summed E-state index contributed by atoms with van der Waals surface area (Å²) in [5.41, 5.74) is 8.96. The molecular formula is C26H28N2O3. The van der Waals surface area contributed by atoms with Crippen molar-refractivity contribution < 1.29 is 14.3 Å². The van der Waals surface area contributed by atoms with Crippen LogP contribution in [0.2, 0.25) is 0 Å². The summed E-state index contributed by atoms with van der Waals surface area (Å²) < 4.78 is 11.3. The lowest BCUT2D eigenvalue weighted by atomic mass is 10.0. The van der Waals surface area contributed by atoms with E-state index in [1.54, 1.807) is 13.3 Å². The molecule has 3 aromatic rings. The number of hydrogen-bond donors (Lipinski definition) is 1. The van der Waals surface area contributed by atoms with E-state index in [0.29, 0.717) is 24.5 Å². The lowest BCUT2D eigenvalue weighted by Gasteiger charge is -2.11. The Bertz CT molecular complexity index is 1070. The molecule has 3 aromatic carbocycles. The zero-order valence-electron chi connectivity index (χ0n) is 18.4. The summed E-state index contributed by atoms with van der Waals surface area (Å²) >= 11 is 0. The van der Waals surface area contributed by atoms with Gasteiger partial charge in [0.25, 0.3) is 0 Å². The number of hydrogen-bond acceptors (Lipinski definition) is 4. The molecule has 0 unspecified atom stereocenters. The summed E-state index contributed by atoms with van der Waals surface area (Å²) in [4.78, 5) is 12.2. The van der Waals surface area contributed by atoms with Gasteiger partial charge in [0.2, 0.25) is 5.91 Å². The quantitative estimate of drug-likeness (QED) is 0.420. The maximum atomic E-state index is 12.2. The van der Waals surface area contributed by atoms with Crippen LogP contribution in [0.3, 0.4) is 0 Å². The summed E-state index contributed by atoms with van der Waals surface area (Å²) in [5, 5.41) is 4.07. The van der Waals surface area contributed by atoms with Crippen molar-refractivity contribution in [2.45, 2.75) is 33.8 Å². The number of carbonyl (C=O) groups is 1. The van der Waals surface area contributed by atoms with Gasteiger partial charge in [-0.25, -0.2) is 5.43 Å². The zero-order chi connectivity index (χ0) is 22.2. The molecule has 0 aliphatic carbocycles. The van der Waals surface area contributed by atoms with Crippen molar-refractivity contribution in [1.29, 1.82) is 0 Å². The molecule has 5 heteroatoms. The third-order valence-corrected chi connectivity index (χ3v) is 4.95. The molecule has 0 spiro atoms. The highest BCUT2D eigenvalue weighted by Gasteiger charge is 2.07. The van der Waals surface area contributed by atoms with Gasteiger partial charge in [-0.15, -0.1) is 0 Å². The molecule has 0 bridgehead atoms. The fourth-order valence-corrected chi connectivity index (χ4v) is 3.16. The summed E-state index contributed by atoms with van der Waals surface area (Å²) in [6, 6.07) is 19.8. The second-order valence-electron chi connectivity index (χ2n) is 7.58. The topological polar surface area (TPSA) is 59.9 Å². The van der Waals surface area contributed by atoms with Crippen molar-refractivity contribution in [3.63, 3.8) is 0 Å². The third-order valence-electron chi connectivity index (χ3n) is 4.95. The fraction of sp³-hybridized carbons (Fsp3) is 0.231. The predicted octanol–water partition coefficient (Wildman–Crippen LogP) is 4.89. The van der Waals surface area contributed by atoms with Gasteiger partial charge >= 0.3 is 0 Å². The molecule has 0 aliphatic rings. The number of aryl methyl sites for hydroxylation is 3. The molecule has 0 radical (unpaired) electrons. The Kier molecular flexibility index (Phi) is 7.44. The van der Waals surface area contributed by atoms with Crippen molar-refractivity contribution in [3.8, 4) is 11.5 Å². The molecular weight excluding hydrogens is 388 g/mol. The summed E-state index contributed by atoms with van der Waals surface area (Å²) in [7, 11) is 1.60. The minimum absolute atomic E-state index is 0.159. The number of nitrogens with zero attached hydrogens (tertiary/aromatic N) is 1. The summed E-state index contributed by atoms with van der Waals surface area (Å²) in [6.07, 6.45) is 1.88. The van der Waals surface area contributed by atoms with Gasteiger partial charge in [0.1, 0.15) is 6.61 Å². The Morgan fingerprint density at radius 2 is 1.68 bits per heavy atom. The molecule has 160 valence electrons. The Morgan fingerprint density at radius 1 is 0.935 bits per heavy atom. The van der Waals surface area contributed by atoms with Gasteiger partial charge in [0.05, 0.1) is 19.7 Å². The first-order valence-electron chi connectivity index (χ1n) is 10.2. The zero-order valence-corrected chi connectivity index (χ0v) is 18.4. The van der Waals surface area contributed by atoms with Crippen LogP contribution < -0.4 is 14.9 Å². The largest absolute Gasteiger partial charge is 0.493 e. The van der Waals surface area contributed by atoms with Crippen LogP contribution in [-0.2, 0) is 17.8 Å². The minimum atomic E-state index is -0.159. The lowest BCUT2D eigenvalue weighted by molar-refractivity contribution is -0.120. The van der Waals surface area contributed by atoms with Crippen molar-refractivity contribution >= 4 is 12.1 Å². The van der Waals surface area contributed by atoms with Crippen LogP contribution in [0.15, 0.2) is 65.8 Å². The Hall–Kier alpha value is -3.60. The monoisotopic (exact) mass is 416 g/mol. The number of rotatable bonds is 8. The number of ether oxygens (including phenoxy) is 2. The molecule has 0 saturated heterocycles. The number of nitrogens with one attached hydrogen (secondary N) is 1. The first-order chi connectivity index (χ1) is 14.9. The average molecular weight is 417 g/mol. The molecule has 0 saturated carbocycles. The van der Waals surface area contributed by atoms with E-state index in [9.17, 15) is 4.79 Å². The highest BCUT2D eigenvalue weighted by molar-refractivity contribution is 5.84. The van der Waals surface area contributed by atoms with Crippen molar-refractivity contribution in [1.82, 2.24) is 5.43 Å². The number of benzene rings is 3. The van der Waals surface area contributed by atoms with Crippen LogP contribution in [-0.4, -0.2) is 19.2 Å². The van der Waals surface area contributed by atoms with Gasteiger partial charge in [0.15, 0.2) is 11.5 Å².